The maximum Gasteiger partial charge on any atom is 0.251 e. The van der Waals surface area contributed by atoms with Crippen molar-refractivity contribution < 1.29 is 9.53 Å². The molecule has 1 spiro atoms. The standard InChI is InChI=1S/C16H30N2O2/c1-12(2)18-11-16(20-13(3)14(18)19)9-17(10-16)8-7-15(4,5)6/h12-13H,7-11H2,1-6H3. The van der Waals surface area contributed by atoms with Gasteiger partial charge in [0.2, 0.25) is 0 Å². The second-order valence-corrected chi connectivity index (χ2v) is 8.02. The van der Waals surface area contributed by atoms with Crippen LogP contribution in [0.25, 0.3) is 0 Å². The van der Waals surface area contributed by atoms with Gasteiger partial charge in [0.1, 0.15) is 11.7 Å². The Hall–Kier alpha value is -0.610. The van der Waals surface area contributed by atoms with E-state index in [2.05, 4.69) is 39.5 Å². The third-order valence-electron chi connectivity index (χ3n) is 4.34. The van der Waals surface area contributed by atoms with Crippen LogP contribution in [0.5, 0.6) is 0 Å². The van der Waals surface area contributed by atoms with Crippen LogP contribution in [-0.2, 0) is 9.53 Å². The Labute approximate surface area is 123 Å². The zero-order valence-electron chi connectivity index (χ0n) is 13.9. The minimum atomic E-state index is -0.295. The maximum atomic E-state index is 12.1. The van der Waals surface area contributed by atoms with Crippen molar-refractivity contribution in [2.24, 2.45) is 5.41 Å². The molecule has 1 unspecified atom stereocenters. The number of carbonyl (C=O) groups excluding carboxylic acids is 1. The van der Waals surface area contributed by atoms with Crippen LogP contribution < -0.4 is 0 Å². The molecule has 2 rings (SSSR count). The van der Waals surface area contributed by atoms with Gasteiger partial charge in [0.25, 0.3) is 5.91 Å². The molecule has 0 N–H and O–H groups in total. The van der Waals surface area contributed by atoms with E-state index in [1.807, 2.05) is 11.8 Å². The molecule has 1 atom stereocenters. The number of nitrogens with zero attached hydrogens (tertiary/aromatic N) is 2. The van der Waals surface area contributed by atoms with Crippen molar-refractivity contribution in [3.8, 4) is 0 Å². The molecule has 4 nitrogen and oxygen atoms in total. The van der Waals surface area contributed by atoms with Crippen LogP contribution in [0.2, 0.25) is 0 Å². The van der Waals surface area contributed by atoms with Gasteiger partial charge in [-0.15, -0.1) is 0 Å². The molecule has 0 aromatic rings. The molecule has 2 heterocycles. The first kappa shape index (κ1) is 15.8. The minimum absolute atomic E-state index is 0.116. The highest BCUT2D eigenvalue weighted by Gasteiger charge is 2.51. The molecule has 0 aromatic carbocycles. The summed E-state index contributed by atoms with van der Waals surface area (Å²) in [6, 6.07) is 0.259. The summed E-state index contributed by atoms with van der Waals surface area (Å²) in [5, 5.41) is 0. The van der Waals surface area contributed by atoms with Gasteiger partial charge in [0, 0.05) is 19.1 Å². The fourth-order valence-electron chi connectivity index (χ4n) is 3.12. The van der Waals surface area contributed by atoms with E-state index < -0.39 is 0 Å². The number of morpholine rings is 1. The molecule has 0 radical (unpaired) electrons. The zero-order chi connectivity index (χ0) is 15.1. The van der Waals surface area contributed by atoms with Gasteiger partial charge in [-0.25, -0.2) is 0 Å². The van der Waals surface area contributed by atoms with Gasteiger partial charge in [0.15, 0.2) is 0 Å². The molecule has 0 bridgehead atoms. The van der Waals surface area contributed by atoms with Crippen molar-refractivity contribution in [1.82, 2.24) is 9.80 Å². The molecule has 4 heteroatoms. The molecule has 0 aliphatic carbocycles. The summed E-state index contributed by atoms with van der Waals surface area (Å²) in [5.74, 6) is 0.138. The largest absolute Gasteiger partial charge is 0.358 e. The summed E-state index contributed by atoms with van der Waals surface area (Å²) < 4.78 is 6.03. The number of hydrogen-bond donors (Lipinski definition) is 0. The fourth-order valence-corrected chi connectivity index (χ4v) is 3.12. The van der Waals surface area contributed by atoms with Crippen molar-refractivity contribution in [3.05, 3.63) is 0 Å². The SMILES string of the molecule is CC1OC2(CN(CCC(C)(C)C)C2)CN(C(C)C)C1=O. The molecule has 0 aromatic heterocycles. The lowest BCUT2D eigenvalue weighted by molar-refractivity contribution is -0.217. The van der Waals surface area contributed by atoms with E-state index in [-0.39, 0.29) is 23.7 Å². The fraction of sp³-hybridized carbons (Fsp3) is 0.938. The topological polar surface area (TPSA) is 32.8 Å². The van der Waals surface area contributed by atoms with Crippen molar-refractivity contribution in [2.75, 3.05) is 26.2 Å². The van der Waals surface area contributed by atoms with Crippen LogP contribution in [0.3, 0.4) is 0 Å². The molecule has 2 aliphatic rings. The Morgan fingerprint density at radius 2 is 1.90 bits per heavy atom. The molecular formula is C16H30N2O2. The maximum absolute atomic E-state index is 12.1. The summed E-state index contributed by atoms with van der Waals surface area (Å²) >= 11 is 0. The highest BCUT2D eigenvalue weighted by molar-refractivity contribution is 5.81. The van der Waals surface area contributed by atoms with Crippen LogP contribution in [0.15, 0.2) is 0 Å². The van der Waals surface area contributed by atoms with E-state index in [1.54, 1.807) is 0 Å². The minimum Gasteiger partial charge on any atom is -0.358 e. The number of carbonyl (C=O) groups is 1. The van der Waals surface area contributed by atoms with E-state index in [4.69, 9.17) is 4.74 Å². The lowest BCUT2D eigenvalue weighted by Gasteiger charge is -2.56. The van der Waals surface area contributed by atoms with Crippen molar-refractivity contribution in [2.45, 2.75) is 65.7 Å². The summed E-state index contributed by atoms with van der Waals surface area (Å²) in [6.45, 7) is 16.7. The van der Waals surface area contributed by atoms with Gasteiger partial charge < -0.3 is 9.64 Å². The lowest BCUT2D eigenvalue weighted by atomic mass is 9.87. The number of rotatable bonds is 3. The normalized spacial score (nSPS) is 27.2. The summed E-state index contributed by atoms with van der Waals surface area (Å²) in [5.41, 5.74) is 0.263. The Morgan fingerprint density at radius 3 is 2.40 bits per heavy atom. The smallest absolute Gasteiger partial charge is 0.251 e. The Kier molecular flexibility index (Phi) is 4.18. The number of amides is 1. The summed E-state index contributed by atoms with van der Waals surface area (Å²) in [6.07, 6.45) is 0.904. The first-order chi connectivity index (χ1) is 9.12. The lowest BCUT2D eigenvalue weighted by Crippen LogP contribution is -2.73. The molecule has 1 amide bonds. The second kappa shape index (κ2) is 5.30. The number of likely N-dealkylation sites (tertiary alicyclic amines) is 1. The van der Waals surface area contributed by atoms with Gasteiger partial charge in [-0.1, -0.05) is 20.8 Å². The summed E-state index contributed by atoms with van der Waals surface area (Å²) in [7, 11) is 0. The number of ether oxygens (including phenoxy) is 1. The average Bonchev–Trinajstić information content (AvgIpc) is 2.26. The van der Waals surface area contributed by atoms with Gasteiger partial charge >= 0.3 is 0 Å². The van der Waals surface area contributed by atoms with Crippen LogP contribution in [0.4, 0.5) is 0 Å². The van der Waals surface area contributed by atoms with Crippen molar-refractivity contribution in [1.29, 1.82) is 0 Å². The zero-order valence-corrected chi connectivity index (χ0v) is 13.9. The first-order valence-electron chi connectivity index (χ1n) is 7.83. The third-order valence-corrected chi connectivity index (χ3v) is 4.34. The Morgan fingerprint density at radius 1 is 1.30 bits per heavy atom. The quantitative estimate of drug-likeness (QED) is 0.795. The predicted octanol–water partition coefficient (Wildman–Crippen LogP) is 2.13. The molecule has 2 fully saturated rings. The Bertz CT molecular complexity index is 367. The van der Waals surface area contributed by atoms with Gasteiger partial charge in [-0.3, -0.25) is 9.69 Å². The predicted molar refractivity (Wildman–Crippen MR) is 80.6 cm³/mol. The highest BCUT2D eigenvalue weighted by Crippen LogP contribution is 2.33. The van der Waals surface area contributed by atoms with E-state index >= 15 is 0 Å². The van der Waals surface area contributed by atoms with Crippen LogP contribution >= 0.6 is 0 Å². The van der Waals surface area contributed by atoms with Crippen molar-refractivity contribution >= 4 is 5.91 Å². The van der Waals surface area contributed by atoms with E-state index in [9.17, 15) is 4.79 Å². The first-order valence-corrected chi connectivity index (χ1v) is 7.83. The summed E-state index contributed by atoms with van der Waals surface area (Å²) in [4.78, 5) is 16.6. The third kappa shape index (κ3) is 3.34. The highest BCUT2D eigenvalue weighted by atomic mass is 16.5. The Balaban J connectivity index is 1.90. The van der Waals surface area contributed by atoms with E-state index in [0.717, 1.165) is 26.2 Å². The van der Waals surface area contributed by atoms with Gasteiger partial charge in [0.05, 0.1) is 6.54 Å². The second-order valence-electron chi connectivity index (χ2n) is 8.02. The van der Waals surface area contributed by atoms with Crippen LogP contribution in [0, 0.1) is 5.41 Å². The van der Waals surface area contributed by atoms with Crippen LogP contribution in [0.1, 0.15) is 48.0 Å². The van der Waals surface area contributed by atoms with Crippen molar-refractivity contribution in [3.63, 3.8) is 0 Å². The monoisotopic (exact) mass is 282 g/mol. The van der Waals surface area contributed by atoms with Gasteiger partial charge in [-0.05, 0) is 39.2 Å². The van der Waals surface area contributed by atoms with Gasteiger partial charge in [-0.2, -0.15) is 0 Å². The molecule has 0 saturated carbocycles. The molecule has 116 valence electrons. The average molecular weight is 282 g/mol. The van der Waals surface area contributed by atoms with Crippen LogP contribution in [-0.4, -0.2) is 59.6 Å². The molecular weight excluding hydrogens is 252 g/mol. The van der Waals surface area contributed by atoms with E-state index in [1.165, 1.54) is 6.42 Å². The molecule has 2 saturated heterocycles. The number of hydrogen-bond acceptors (Lipinski definition) is 3. The molecule has 20 heavy (non-hydrogen) atoms. The molecule has 2 aliphatic heterocycles. The van der Waals surface area contributed by atoms with E-state index in [0.29, 0.717) is 5.41 Å².